The molecule has 2 heterocycles. The van der Waals surface area contributed by atoms with E-state index in [1.165, 1.54) is 32.4 Å². The monoisotopic (exact) mass is 484 g/mol. The molecule has 1 aliphatic rings. The van der Waals surface area contributed by atoms with Gasteiger partial charge in [0.25, 0.3) is 0 Å². The molecule has 5 rings (SSSR count). The third kappa shape index (κ3) is 5.55. The molecule has 36 heavy (non-hydrogen) atoms. The Kier molecular flexibility index (Phi) is 7.52. The minimum absolute atomic E-state index is 0.562. The van der Waals surface area contributed by atoms with Gasteiger partial charge in [0.15, 0.2) is 5.76 Å². The fraction of sp³-hybridized carbons (Fsp3) is 0.300. The standard InChI is InChI=1S/C30H32N2O4/c1-33-25-12-6-22(7-13-25)28-29(23-8-14-26(34-2)15-9-23)36-30(31-28)24-10-16-27(17-11-24)35-21-20-32-18-4-3-5-19-32/h6-17H,3-5,18-21H2,1-2H3. The van der Waals surface area contributed by atoms with Crippen LogP contribution in [0.15, 0.2) is 77.2 Å². The molecule has 0 saturated carbocycles. The predicted molar refractivity (Wildman–Crippen MR) is 142 cm³/mol. The van der Waals surface area contributed by atoms with E-state index in [2.05, 4.69) is 4.90 Å². The molecule has 0 N–H and O–H groups in total. The smallest absolute Gasteiger partial charge is 0.227 e. The van der Waals surface area contributed by atoms with Crippen molar-refractivity contribution in [3.63, 3.8) is 0 Å². The van der Waals surface area contributed by atoms with E-state index in [0.29, 0.717) is 18.3 Å². The molecule has 0 amide bonds. The van der Waals surface area contributed by atoms with Gasteiger partial charge in [0.2, 0.25) is 5.89 Å². The van der Waals surface area contributed by atoms with Crippen LogP contribution in [0.25, 0.3) is 34.0 Å². The summed E-state index contributed by atoms with van der Waals surface area (Å²) in [6.07, 6.45) is 3.93. The lowest BCUT2D eigenvalue weighted by Crippen LogP contribution is -2.33. The Morgan fingerprint density at radius 1 is 0.694 bits per heavy atom. The lowest BCUT2D eigenvalue weighted by molar-refractivity contribution is 0.183. The molecule has 0 unspecified atom stereocenters. The van der Waals surface area contributed by atoms with Gasteiger partial charge in [0.1, 0.15) is 29.5 Å². The Labute approximate surface area is 212 Å². The van der Waals surface area contributed by atoms with Crippen molar-refractivity contribution in [1.29, 1.82) is 0 Å². The van der Waals surface area contributed by atoms with Crippen molar-refractivity contribution in [3.8, 4) is 51.3 Å². The van der Waals surface area contributed by atoms with Crippen molar-refractivity contribution >= 4 is 0 Å². The molecule has 0 spiro atoms. The molecule has 0 aliphatic carbocycles. The SMILES string of the molecule is COc1ccc(-c2nc(-c3ccc(OCCN4CCCCC4)cc3)oc2-c2ccc(OC)cc2)cc1. The number of piperidine rings is 1. The molecule has 0 radical (unpaired) electrons. The van der Waals surface area contributed by atoms with Crippen molar-refractivity contribution in [3.05, 3.63) is 72.8 Å². The van der Waals surface area contributed by atoms with Gasteiger partial charge in [-0.1, -0.05) is 6.42 Å². The van der Waals surface area contributed by atoms with Crippen LogP contribution in [0.2, 0.25) is 0 Å². The minimum atomic E-state index is 0.562. The summed E-state index contributed by atoms with van der Waals surface area (Å²) in [7, 11) is 3.32. The molecule has 4 aromatic rings. The van der Waals surface area contributed by atoms with Crippen LogP contribution in [0.5, 0.6) is 17.2 Å². The third-order valence-corrected chi connectivity index (χ3v) is 6.57. The summed E-state index contributed by atoms with van der Waals surface area (Å²) in [5.74, 6) is 3.71. The van der Waals surface area contributed by atoms with Crippen molar-refractivity contribution in [1.82, 2.24) is 9.88 Å². The van der Waals surface area contributed by atoms with Gasteiger partial charge in [-0.2, -0.15) is 0 Å². The van der Waals surface area contributed by atoms with E-state index in [1.807, 2.05) is 72.8 Å². The van der Waals surface area contributed by atoms with Crippen molar-refractivity contribution < 1.29 is 18.6 Å². The number of rotatable bonds is 9. The normalized spacial score (nSPS) is 13.9. The summed E-state index contributed by atoms with van der Waals surface area (Å²) >= 11 is 0. The van der Waals surface area contributed by atoms with Gasteiger partial charge in [0.05, 0.1) is 14.2 Å². The Bertz CT molecular complexity index is 1180. The van der Waals surface area contributed by atoms with E-state index in [1.54, 1.807) is 14.2 Å². The lowest BCUT2D eigenvalue weighted by atomic mass is 10.1. The van der Waals surface area contributed by atoms with Gasteiger partial charge >= 0.3 is 0 Å². The first-order chi connectivity index (χ1) is 17.7. The second-order valence-electron chi connectivity index (χ2n) is 8.93. The molecule has 186 valence electrons. The summed E-state index contributed by atoms with van der Waals surface area (Å²) in [4.78, 5) is 7.37. The third-order valence-electron chi connectivity index (χ3n) is 6.57. The molecule has 1 aliphatic heterocycles. The predicted octanol–water partition coefficient (Wildman–Crippen LogP) is 6.56. The van der Waals surface area contributed by atoms with E-state index in [0.717, 1.165) is 46.2 Å². The number of methoxy groups -OCH3 is 2. The molecule has 1 saturated heterocycles. The molecule has 6 nitrogen and oxygen atoms in total. The van der Waals surface area contributed by atoms with Crippen molar-refractivity contribution in [2.75, 3.05) is 40.5 Å². The lowest BCUT2D eigenvalue weighted by Gasteiger charge is -2.26. The molecular weight excluding hydrogens is 452 g/mol. The van der Waals surface area contributed by atoms with Crippen LogP contribution in [-0.4, -0.2) is 50.3 Å². The van der Waals surface area contributed by atoms with Crippen LogP contribution in [0, 0.1) is 0 Å². The number of hydrogen-bond acceptors (Lipinski definition) is 6. The number of aromatic nitrogens is 1. The summed E-state index contributed by atoms with van der Waals surface area (Å²) in [6.45, 7) is 4.03. The maximum Gasteiger partial charge on any atom is 0.227 e. The van der Waals surface area contributed by atoms with Crippen LogP contribution < -0.4 is 14.2 Å². The summed E-state index contributed by atoms with van der Waals surface area (Å²) < 4.78 is 23.0. The quantitative estimate of drug-likeness (QED) is 0.268. The second kappa shape index (κ2) is 11.3. The molecule has 3 aromatic carbocycles. The Balaban J connectivity index is 1.37. The highest BCUT2D eigenvalue weighted by molar-refractivity contribution is 5.79. The Morgan fingerprint density at radius 3 is 1.86 bits per heavy atom. The average Bonchev–Trinajstić information content (AvgIpc) is 3.40. The topological polar surface area (TPSA) is 57.0 Å². The molecule has 0 atom stereocenters. The molecule has 1 aromatic heterocycles. The number of likely N-dealkylation sites (tertiary alicyclic amines) is 1. The van der Waals surface area contributed by atoms with E-state index in [4.69, 9.17) is 23.6 Å². The van der Waals surface area contributed by atoms with Gasteiger partial charge in [-0.05, 0) is 98.7 Å². The van der Waals surface area contributed by atoms with E-state index in [9.17, 15) is 0 Å². The first-order valence-electron chi connectivity index (χ1n) is 12.5. The fourth-order valence-electron chi connectivity index (χ4n) is 4.50. The number of hydrogen-bond donors (Lipinski definition) is 0. The van der Waals surface area contributed by atoms with Gasteiger partial charge in [-0.15, -0.1) is 0 Å². The van der Waals surface area contributed by atoms with Crippen LogP contribution in [0.1, 0.15) is 19.3 Å². The van der Waals surface area contributed by atoms with Gasteiger partial charge in [-0.3, -0.25) is 4.90 Å². The first kappa shape index (κ1) is 23.9. The maximum atomic E-state index is 6.34. The largest absolute Gasteiger partial charge is 0.497 e. The number of oxazole rings is 1. The van der Waals surface area contributed by atoms with Crippen LogP contribution >= 0.6 is 0 Å². The van der Waals surface area contributed by atoms with Crippen LogP contribution in [-0.2, 0) is 0 Å². The number of ether oxygens (including phenoxy) is 3. The van der Waals surface area contributed by atoms with Gasteiger partial charge in [-0.25, -0.2) is 4.98 Å². The molecule has 0 bridgehead atoms. The second-order valence-corrected chi connectivity index (χ2v) is 8.93. The van der Waals surface area contributed by atoms with E-state index >= 15 is 0 Å². The first-order valence-corrected chi connectivity index (χ1v) is 12.5. The van der Waals surface area contributed by atoms with Crippen LogP contribution in [0.4, 0.5) is 0 Å². The maximum absolute atomic E-state index is 6.34. The van der Waals surface area contributed by atoms with Gasteiger partial charge < -0.3 is 18.6 Å². The zero-order valence-corrected chi connectivity index (χ0v) is 20.9. The Hall–Kier alpha value is -3.77. The van der Waals surface area contributed by atoms with E-state index < -0.39 is 0 Å². The molecular formula is C30H32N2O4. The number of nitrogens with zero attached hydrogens (tertiary/aromatic N) is 2. The van der Waals surface area contributed by atoms with Gasteiger partial charge in [0, 0.05) is 23.2 Å². The fourth-order valence-corrected chi connectivity index (χ4v) is 4.50. The Morgan fingerprint density at radius 2 is 1.25 bits per heavy atom. The average molecular weight is 485 g/mol. The summed E-state index contributed by atoms with van der Waals surface area (Å²) in [5.41, 5.74) is 3.56. The van der Waals surface area contributed by atoms with Crippen molar-refractivity contribution in [2.45, 2.75) is 19.3 Å². The highest BCUT2D eigenvalue weighted by Crippen LogP contribution is 2.37. The zero-order chi connectivity index (χ0) is 24.7. The van der Waals surface area contributed by atoms with Crippen molar-refractivity contribution in [2.24, 2.45) is 0 Å². The molecule has 6 heteroatoms. The highest BCUT2D eigenvalue weighted by atomic mass is 16.5. The summed E-state index contributed by atoms with van der Waals surface area (Å²) in [5, 5.41) is 0. The summed E-state index contributed by atoms with van der Waals surface area (Å²) in [6, 6.07) is 23.6. The minimum Gasteiger partial charge on any atom is -0.497 e. The molecule has 1 fully saturated rings. The van der Waals surface area contributed by atoms with Crippen LogP contribution in [0.3, 0.4) is 0 Å². The number of benzene rings is 3. The zero-order valence-electron chi connectivity index (χ0n) is 20.9. The van der Waals surface area contributed by atoms with E-state index in [-0.39, 0.29) is 0 Å². The highest BCUT2D eigenvalue weighted by Gasteiger charge is 2.19.